The molecule has 0 aliphatic carbocycles. The molecule has 0 bridgehead atoms. The molecule has 0 aliphatic heterocycles. The Morgan fingerprint density at radius 3 is 2.06 bits per heavy atom. The minimum atomic E-state index is -0.362. The summed E-state index contributed by atoms with van der Waals surface area (Å²) in [5.74, 6) is 0.669. The van der Waals surface area contributed by atoms with E-state index < -0.39 is 0 Å². The SMILES string of the molecule is CCOc1ccc(NC(=O)C(CC)Sc2nnc(-c3ccccc3)c(-c3ccccc3)n2)cc1. The molecule has 0 fully saturated rings. The van der Waals surface area contributed by atoms with Crippen molar-refractivity contribution >= 4 is 23.4 Å². The Labute approximate surface area is 203 Å². The molecule has 1 unspecified atom stereocenters. The smallest absolute Gasteiger partial charge is 0.237 e. The van der Waals surface area contributed by atoms with Crippen LogP contribution in [-0.2, 0) is 4.79 Å². The lowest BCUT2D eigenvalue weighted by molar-refractivity contribution is -0.115. The molecule has 0 radical (unpaired) electrons. The second-order valence-electron chi connectivity index (χ2n) is 7.49. The molecule has 1 heterocycles. The van der Waals surface area contributed by atoms with Crippen molar-refractivity contribution in [1.29, 1.82) is 0 Å². The Hall–Kier alpha value is -3.71. The predicted octanol–water partition coefficient (Wildman–Crippen LogP) is 6.11. The molecule has 1 N–H and O–H groups in total. The van der Waals surface area contributed by atoms with Gasteiger partial charge in [0.2, 0.25) is 11.1 Å². The standard InChI is InChI=1S/C27H26N4O2S/c1-3-23(26(32)28-21-15-17-22(18-16-21)33-4-2)34-27-29-24(19-11-7-5-8-12-19)25(30-31-27)20-13-9-6-10-14-20/h5-18,23H,3-4H2,1-2H3,(H,28,32). The number of hydrogen-bond acceptors (Lipinski definition) is 6. The fraction of sp³-hybridized carbons (Fsp3) is 0.185. The second-order valence-corrected chi connectivity index (χ2v) is 8.65. The molecule has 6 nitrogen and oxygen atoms in total. The number of ether oxygens (including phenoxy) is 1. The van der Waals surface area contributed by atoms with Gasteiger partial charge < -0.3 is 10.1 Å². The van der Waals surface area contributed by atoms with E-state index in [0.29, 0.717) is 23.9 Å². The van der Waals surface area contributed by atoms with Gasteiger partial charge in [-0.1, -0.05) is 79.3 Å². The fourth-order valence-corrected chi connectivity index (χ4v) is 4.24. The Balaban J connectivity index is 1.56. The summed E-state index contributed by atoms with van der Waals surface area (Å²) in [5.41, 5.74) is 4.06. The summed E-state index contributed by atoms with van der Waals surface area (Å²) in [6.07, 6.45) is 0.623. The molecule has 0 saturated carbocycles. The molecule has 1 aromatic heterocycles. The first-order valence-corrected chi connectivity index (χ1v) is 12.1. The zero-order valence-electron chi connectivity index (χ0n) is 19.1. The van der Waals surface area contributed by atoms with Crippen LogP contribution in [0.4, 0.5) is 5.69 Å². The third-order valence-electron chi connectivity index (χ3n) is 5.11. The lowest BCUT2D eigenvalue weighted by atomic mass is 10.0. The molecule has 1 amide bonds. The van der Waals surface area contributed by atoms with Crippen LogP contribution >= 0.6 is 11.8 Å². The highest BCUT2D eigenvalue weighted by molar-refractivity contribution is 8.00. The highest BCUT2D eigenvalue weighted by Crippen LogP contribution is 2.31. The molecular weight excluding hydrogens is 444 g/mol. The summed E-state index contributed by atoms with van der Waals surface area (Å²) in [6.45, 7) is 4.51. The van der Waals surface area contributed by atoms with Gasteiger partial charge in [-0.3, -0.25) is 4.79 Å². The van der Waals surface area contributed by atoms with Gasteiger partial charge in [0.15, 0.2) is 0 Å². The number of carbonyl (C=O) groups is 1. The van der Waals surface area contributed by atoms with Crippen LogP contribution in [-0.4, -0.2) is 32.9 Å². The number of hydrogen-bond donors (Lipinski definition) is 1. The quantitative estimate of drug-likeness (QED) is 0.297. The molecular formula is C27H26N4O2S. The first kappa shape index (κ1) is 23.4. The van der Waals surface area contributed by atoms with E-state index >= 15 is 0 Å². The Kier molecular flexibility index (Phi) is 7.88. The Morgan fingerprint density at radius 2 is 1.47 bits per heavy atom. The van der Waals surface area contributed by atoms with Crippen LogP contribution in [0.15, 0.2) is 90.1 Å². The van der Waals surface area contributed by atoms with E-state index in [0.717, 1.165) is 28.3 Å². The molecule has 0 aliphatic rings. The molecule has 0 spiro atoms. The first-order valence-electron chi connectivity index (χ1n) is 11.2. The summed E-state index contributed by atoms with van der Waals surface area (Å²) in [5, 5.41) is 11.9. The van der Waals surface area contributed by atoms with Crippen LogP contribution < -0.4 is 10.1 Å². The van der Waals surface area contributed by atoms with Crippen molar-refractivity contribution in [2.75, 3.05) is 11.9 Å². The number of aromatic nitrogens is 3. The third-order valence-corrected chi connectivity index (χ3v) is 6.32. The molecule has 1 atom stereocenters. The van der Waals surface area contributed by atoms with Gasteiger partial charge in [0, 0.05) is 16.8 Å². The average Bonchev–Trinajstić information content (AvgIpc) is 2.89. The number of carbonyl (C=O) groups excluding carboxylic acids is 1. The van der Waals surface area contributed by atoms with Crippen LogP contribution in [0.3, 0.4) is 0 Å². The van der Waals surface area contributed by atoms with Crippen molar-refractivity contribution in [3.63, 3.8) is 0 Å². The largest absolute Gasteiger partial charge is 0.494 e. The molecule has 34 heavy (non-hydrogen) atoms. The summed E-state index contributed by atoms with van der Waals surface area (Å²) < 4.78 is 5.46. The lowest BCUT2D eigenvalue weighted by Gasteiger charge is -2.15. The first-order chi connectivity index (χ1) is 16.7. The maximum absolute atomic E-state index is 13.0. The van der Waals surface area contributed by atoms with Crippen LogP contribution in [0, 0.1) is 0 Å². The molecule has 3 aromatic carbocycles. The van der Waals surface area contributed by atoms with E-state index in [-0.39, 0.29) is 11.2 Å². The van der Waals surface area contributed by atoms with Gasteiger partial charge in [-0.25, -0.2) is 4.98 Å². The zero-order valence-corrected chi connectivity index (χ0v) is 20.0. The van der Waals surface area contributed by atoms with E-state index in [2.05, 4.69) is 15.5 Å². The number of nitrogens with one attached hydrogen (secondary N) is 1. The number of thioether (sulfide) groups is 1. The fourth-order valence-electron chi connectivity index (χ4n) is 3.42. The van der Waals surface area contributed by atoms with Gasteiger partial charge in [0.1, 0.15) is 17.1 Å². The van der Waals surface area contributed by atoms with E-state index in [1.807, 2.05) is 98.8 Å². The van der Waals surface area contributed by atoms with Crippen LogP contribution in [0.25, 0.3) is 22.5 Å². The van der Waals surface area contributed by atoms with Crippen LogP contribution in [0.1, 0.15) is 20.3 Å². The normalized spacial score (nSPS) is 11.6. The van der Waals surface area contributed by atoms with Crippen LogP contribution in [0.2, 0.25) is 0 Å². The zero-order chi connectivity index (χ0) is 23.8. The summed E-state index contributed by atoms with van der Waals surface area (Å²) >= 11 is 1.32. The molecule has 7 heteroatoms. The number of rotatable bonds is 9. The molecule has 172 valence electrons. The minimum absolute atomic E-state index is 0.103. The van der Waals surface area contributed by atoms with Gasteiger partial charge in [0.25, 0.3) is 0 Å². The van der Waals surface area contributed by atoms with Gasteiger partial charge >= 0.3 is 0 Å². The second kappa shape index (κ2) is 11.4. The van der Waals surface area contributed by atoms with Crippen LogP contribution in [0.5, 0.6) is 5.75 Å². The lowest BCUT2D eigenvalue weighted by Crippen LogP contribution is -2.25. The van der Waals surface area contributed by atoms with Crippen molar-refractivity contribution in [3.05, 3.63) is 84.9 Å². The van der Waals surface area contributed by atoms with Gasteiger partial charge in [-0.05, 0) is 37.6 Å². The summed E-state index contributed by atoms with van der Waals surface area (Å²) in [4.78, 5) is 17.8. The van der Waals surface area contributed by atoms with Crippen molar-refractivity contribution in [2.24, 2.45) is 0 Å². The highest BCUT2D eigenvalue weighted by Gasteiger charge is 2.22. The predicted molar refractivity (Wildman–Crippen MR) is 137 cm³/mol. The number of nitrogens with zero attached hydrogens (tertiary/aromatic N) is 3. The van der Waals surface area contributed by atoms with Gasteiger partial charge in [-0.15, -0.1) is 10.2 Å². The van der Waals surface area contributed by atoms with Crippen molar-refractivity contribution in [2.45, 2.75) is 30.7 Å². The van der Waals surface area contributed by atoms with E-state index in [1.54, 1.807) is 0 Å². The molecule has 0 saturated heterocycles. The molecule has 4 aromatic rings. The van der Waals surface area contributed by atoms with E-state index in [1.165, 1.54) is 11.8 Å². The highest BCUT2D eigenvalue weighted by atomic mass is 32.2. The summed E-state index contributed by atoms with van der Waals surface area (Å²) in [6, 6.07) is 27.1. The minimum Gasteiger partial charge on any atom is -0.494 e. The average molecular weight is 471 g/mol. The molecule has 4 rings (SSSR count). The Bertz CT molecular complexity index is 1220. The van der Waals surface area contributed by atoms with Crippen molar-refractivity contribution in [1.82, 2.24) is 15.2 Å². The number of anilines is 1. The van der Waals surface area contributed by atoms with E-state index in [9.17, 15) is 4.79 Å². The Morgan fingerprint density at radius 1 is 0.853 bits per heavy atom. The van der Waals surface area contributed by atoms with Gasteiger partial charge in [0.05, 0.1) is 11.9 Å². The monoisotopic (exact) mass is 470 g/mol. The maximum atomic E-state index is 13.0. The topological polar surface area (TPSA) is 77.0 Å². The third kappa shape index (κ3) is 5.80. The van der Waals surface area contributed by atoms with Crippen molar-refractivity contribution in [3.8, 4) is 28.3 Å². The summed E-state index contributed by atoms with van der Waals surface area (Å²) in [7, 11) is 0. The van der Waals surface area contributed by atoms with Crippen molar-refractivity contribution < 1.29 is 9.53 Å². The number of benzene rings is 3. The van der Waals surface area contributed by atoms with Gasteiger partial charge in [-0.2, -0.15) is 0 Å². The van der Waals surface area contributed by atoms with E-state index in [4.69, 9.17) is 9.72 Å². The maximum Gasteiger partial charge on any atom is 0.237 e. The number of amides is 1.